The second-order valence-electron chi connectivity index (χ2n) is 7.07. The first-order chi connectivity index (χ1) is 15.1. The molecule has 5 nitrogen and oxygen atoms in total. The lowest BCUT2D eigenvalue weighted by Gasteiger charge is -2.18. The fourth-order valence-electron chi connectivity index (χ4n) is 3.52. The molecule has 0 saturated carbocycles. The second-order valence-corrected chi connectivity index (χ2v) is 7.07. The van der Waals surface area contributed by atoms with Crippen LogP contribution in [0.1, 0.15) is 39.5 Å². The summed E-state index contributed by atoms with van der Waals surface area (Å²) in [5.41, 5.74) is 5.76. The van der Waals surface area contributed by atoms with Crippen molar-refractivity contribution in [2.24, 2.45) is 0 Å². The number of hydrogen-bond donors (Lipinski definition) is 0. The Morgan fingerprint density at radius 3 is 2.39 bits per heavy atom. The molecule has 0 amide bonds. The maximum Gasteiger partial charge on any atom is 0.157 e. The van der Waals surface area contributed by atoms with Crippen molar-refractivity contribution in [2.75, 3.05) is 34.0 Å². The number of rotatable bonds is 7. The van der Waals surface area contributed by atoms with Crippen LogP contribution in [0.3, 0.4) is 0 Å². The molecular weight excluding hydrogens is 392 g/mol. The van der Waals surface area contributed by atoms with Crippen molar-refractivity contribution in [3.63, 3.8) is 0 Å². The Kier molecular flexibility index (Phi) is 7.68. The van der Waals surface area contributed by atoms with Gasteiger partial charge in [0.1, 0.15) is 30.5 Å². The van der Waals surface area contributed by atoms with E-state index in [-0.39, 0.29) is 0 Å². The maximum absolute atomic E-state index is 11.4. The van der Waals surface area contributed by atoms with Gasteiger partial charge in [0.15, 0.2) is 6.29 Å². The Bertz CT molecular complexity index is 997. The van der Waals surface area contributed by atoms with Crippen LogP contribution in [-0.2, 0) is 9.47 Å². The fraction of sp³-hybridized carbons (Fsp3) is 0.269. The van der Waals surface area contributed by atoms with Gasteiger partial charge in [0.05, 0.1) is 26.4 Å². The highest BCUT2D eigenvalue weighted by atomic mass is 16.6. The largest absolute Gasteiger partial charge is 0.496 e. The SMILES string of the molecule is C/C=C(\C=C1/COCCO1)c1cccc(/C=C/c2cc(OC)c(C=O)c(OC)c2)c1C. The van der Waals surface area contributed by atoms with Gasteiger partial charge in [0, 0.05) is 0 Å². The summed E-state index contributed by atoms with van der Waals surface area (Å²) in [5.74, 6) is 1.81. The van der Waals surface area contributed by atoms with Crippen molar-refractivity contribution >= 4 is 24.0 Å². The minimum atomic E-state index is 0.403. The van der Waals surface area contributed by atoms with Crippen molar-refractivity contribution in [3.8, 4) is 11.5 Å². The van der Waals surface area contributed by atoms with Crippen LogP contribution >= 0.6 is 0 Å². The lowest BCUT2D eigenvalue weighted by Crippen LogP contribution is -2.15. The minimum Gasteiger partial charge on any atom is -0.496 e. The van der Waals surface area contributed by atoms with Gasteiger partial charge in [0.2, 0.25) is 0 Å². The molecular formula is C26H28O5. The monoisotopic (exact) mass is 420 g/mol. The van der Waals surface area contributed by atoms with E-state index in [9.17, 15) is 4.79 Å². The van der Waals surface area contributed by atoms with E-state index in [0.717, 1.165) is 39.9 Å². The van der Waals surface area contributed by atoms with E-state index in [0.29, 0.717) is 36.9 Å². The van der Waals surface area contributed by atoms with E-state index in [4.69, 9.17) is 18.9 Å². The van der Waals surface area contributed by atoms with E-state index in [1.807, 2.05) is 43.4 Å². The van der Waals surface area contributed by atoms with Crippen LogP contribution in [0.25, 0.3) is 17.7 Å². The summed E-state index contributed by atoms with van der Waals surface area (Å²) in [7, 11) is 3.08. The Morgan fingerprint density at radius 2 is 1.81 bits per heavy atom. The van der Waals surface area contributed by atoms with Gasteiger partial charge in [-0.3, -0.25) is 4.79 Å². The Labute approximate surface area is 183 Å². The van der Waals surface area contributed by atoms with Crippen LogP contribution in [-0.4, -0.2) is 40.3 Å². The van der Waals surface area contributed by atoms with Gasteiger partial charge in [-0.05, 0) is 59.9 Å². The zero-order valence-corrected chi connectivity index (χ0v) is 18.4. The third kappa shape index (κ3) is 5.25. The maximum atomic E-state index is 11.4. The predicted molar refractivity (Wildman–Crippen MR) is 124 cm³/mol. The van der Waals surface area contributed by atoms with E-state index >= 15 is 0 Å². The van der Waals surface area contributed by atoms with Crippen LogP contribution < -0.4 is 9.47 Å². The van der Waals surface area contributed by atoms with Gasteiger partial charge in [-0.15, -0.1) is 0 Å². The third-order valence-corrected chi connectivity index (χ3v) is 5.21. The molecule has 3 rings (SSSR count). The highest BCUT2D eigenvalue weighted by molar-refractivity contribution is 5.86. The number of ether oxygens (including phenoxy) is 4. The summed E-state index contributed by atoms with van der Waals surface area (Å²) in [4.78, 5) is 11.4. The number of allylic oxidation sites excluding steroid dienone is 3. The van der Waals surface area contributed by atoms with Crippen LogP contribution in [0.15, 0.2) is 48.2 Å². The predicted octanol–water partition coefficient (Wildman–Crippen LogP) is 5.33. The average Bonchev–Trinajstić information content (AvgIpc) is 2.82. The number of methoxy groups -OCH3 is 2. The van der Waals surface area contributed by atoms with Crippen LogP contribution in [0.5, 0.6) is 11.5 Å². The first-order valence-electron chi connectivity index (χ1n) is 10.2. The average molecular weight is 421 g/mol. The molecule has 2 aromatic rings. The highest BCUT2D eigenvalue weighted by Gasteiger charge is 2.12. The summed E-state index contributed by atoms with van der Waals surface area (Å²) in [6, 6.07) is 9.87. The number of aldehydes is 1. The third-order valence-electron chi connectivity index (χ3n) is 5.21. The molecule has 162 valence electrons. The van der Waals surface area contributed by atoms with Crippen LogP contribution in [0.2, 0.25) is 0 Å². The molecule has 0 aromatic heterocycles. The molecule has 0 radical (unpaired) electrons. The first kappa shape index (κ1) is 22.4. The Morgan fingerprint density at radius 1 is 1.06 bits per heavy atom. The number of hydrogen-bond acceptors (Lipinski definition) is 5. The summed E-state index contributed by atoms with van der Waals surface area (Å²) >= 11 is 0. The van der Waals surface area contributed by atoms with Crippen LogP contribution in [0.4, 0.5) is 0 Å². The molecule has 1 saturated heterocycles. The summed E-state index contributed by atoms with van der Waals surface area (Å²) in [6.45, 7) is 5.83. The second kappa shape index (κ2) is 10.6. The van der Waals surface area contributed by atoms with Gasteiger partial charge >= 0.3 is 0 Å². The molecule has 1 fully saturated rings. The van der Waals surface area contributed by atoms with Crippen molar-refractivity contribution in [2.45, 2.75) is 13.8 Å². The highest BCUT2D eigenvalue weighted by Crippen LogP contribution is 2.31. The van der Waals surface area contributed by atoms with Gasteiger partial charge in [-0.1, -0.05) is 36.4 Å². The van der Waals surface area contributed by atoms with E-state index < -0.39 is 0 Å². The van der Waals surface area contributed by atoms with Crippen LogP contribution in [0, 0.1) is 6.92 Å². The number of carbonyl (C=O) groups is 1. The minimum absolute atomic E-state index is 0.403. The molecule has 0 N–H and O–H groups in total. The summed E-state index contributed by atoms with van der Waals surface area (Å²) in [6.07, 6.45) is 8.90. The van der Waals surface area contributed by atoms with Gasteiger partial charge in [-0.2, -0.15) is 0 Å². The molecule has 1 aliphatic rings. The molecule has 5 heteroatoms. The smallest absolute Gasteiger partial charge is 0.157 e. The van der Waals surface area contributed by atoms with Gasteiger partial charge in [-0.25, -0.2) is 0 Å². The first-order valence-corrected chi connectivity index (χ1v) is 10.2. The zero-order valence-electron chi connectivity index (χ0n) is 18.4. The summed E-state index contributed by atoms with van der Waals surface area (Å²) in [5, 5.41) is 0. The lowest BCUT2D eigenvalue weighted by molar-refractivity contribution is 0.0136. The molecule has 2 aromatic carbocycles. The lowest BCUT2D eigenvalue weighted by atomic mass is 9.95. The molecule has 31 heavy (non-hydrogen) atoms. The Hall–Kier alpha value is -3.31. The molecule has 0 aliphatic carbocycles. The van der Waals surface area contributed by atoms with Crippen molar-refractivity contribution in [1.29, 1.82) is 0 Å². The molecule has 0 bridgehead atoms. The fourth-order valence-corrected chi connectivity index (χ4v) is 3.52. The molecule has 1 heterocycles. The van der Waals surface area contributed by atoms with E-state index in [1.54, 1.807) is 0 Å². The quantitative estimate of drug-likeness (QED) is 0.448. The number of carbonyl (C=O) groups excluding carboxylic acids is 1. The van der Waals surface area contributed by atoms with Gasteiger partial charge in [0.25, 0.3) is 0 Å². The molecule has 0 unspecified atom stereocenters. The number of benzene rings is 2. The normalized spacial score (nSPS) is 15.7. The van der Waals surface area contributed by atoms with Crippen molar-refractivity contribution in [1.82, 2.24) is 0 Å². The Balaban J connectivity index is 1.93. The zero-order chi connectivity index (χ0) is 22.2. The molecule has 1 aliphatic heterocycles. The topological polar surface area (TPSA) is 54.0 Å². The van der Waals surface area contributed by atoms with Crippen molar-refractivity contribution < 1.29 is 23.7 Å². The van der Waals surface area contributed by atoms with E-state index in [2.05, 4.69) is 25.1 Å². The van der Waals surface area contributed by atoms with E-state index in [1.165, 1.54) is 14.2 Å². The van der Waals surface area contributed by atoms with Crippen molar-refractivity contribution in [3.05, 3.63) is 76.1 Å². The molecule has 0 spiro atoms. The summed E-state index contributed by atoms with van der Waals surface area (Å²) < 4.78 is 21.9. The standard InChI is InChI=1S/C26H28O5/c1-5-20(15-22-17-30-11-12-31-22)23-8-6-7-21(18(23)2)10-9-19-13-25(28-3)24(16-27)26(14-19)29-4/h5-10,13-16H,11-12,17H2,1-4H3/b10-9+,20-5+,22-15+. The molecule has 0 atom stereocenters. The van der Waals surface area contributed by atoms with Gasteiger partial charge < -0.3 is 18.9 Å².